The van der Waals surface area contributed by atoms with Gasteiger partial charge in [-0.1, -0.05) is 19.8 Å². The van der Waals surface area contributed by atoms with Gasteiger partial charge in [0.2, 0.25) is 5.91 Å². The highest BCUT2D eigenvalue weighted by atomic mass is 16.4. The second kappa shape index (κ2) is 5.52. The van der Waals surface area contributed by atoms with Crippen LogP contribution in [-0.4, -0.2) is 23.5 Å². The summed E-state index contributed by atoms with van der Waals surface area (Å²) in [7, 11) is 0. The van der Waals surface area contributed by atoms with Crippen molar-refractivity contribution in [2.45, 2.75) is 46.5 Å². The minimum atomic E-state index is -0.981. The number of nitrogens with one attached hydrogen (secondary N) is 1. The summed E-state index contributed by atoms with van der Waals surface area (Å²) in [4.78, 5) is 22.5. The van der Waals surface area contributed by atoms with E-state index in [1.54, 1.807) is 13.8 Å². The molecule has 2 atom stereocenters. The largest absolute Gasteiger partial charge is 0.481 e. The van der Waals surface area contributed by atoms with Gasteiger partial charge in [-0.25, -0.2) is 0 Å². The molecule has 0 bridgehead atoms. The molecule has 0 aromatic rings. The third-order valence-electron chi connectivity index (χ3n) is 3.78. The summed E-state index contributed by atoms with van der Waals surface area (Å²) in [6, 6.07) is 0. The highest BCUT2D eigenvalue weighted by Gasteiger charge is 2.30. The third kappa shape index (κ3) is 4.02. The number of aliphatic carboxylic acids is 1. The van der Waals surface area contributed by atoms with E-state index in [0.29, 0.717) is 18.4 Å². The van der Waals surface area contributed by atoms with Gasteiger partial charge in [0.1, 0.15) is 0 Å². The first kappa shape index (κ1) is 14.0. The average Bonchev–Trinajstić information content (AvgIpc) is 2.60. The van der Waals surface area contributed by atoms with E-state index >= 15 is 0 Å². The molecule has 1 rings (SSSR count). The van der Waals surface area contributed by atoms with Crippen molar-refractivity contribution < 1.29 is 14.7 Å². The first-order valence-electron chi connectivity index (χ1n) is 6.33. The minimum absolute atomic E-state index is 0.0451. The van der Waals surface area contributed by atoms with E-state index in [1.165, 1.54) is 19.3 Å². The van der Waals surface area contributed by atoms with Crippen molar-refractivity contribution in [1.82, 2.24) is 5.32 Å². The van der Waals surface area contributed by atoms with Crippen molar-refractivity contribution in [3.63, 3.8) is 0 Å². The first-order valence-corrected chi connectivity index (χ1v) is 6.33. The van der Waals surface area contributed by atoms with Gasteiger partial charge < -0.3 is 10.4 Å². The van der Waals surface area contributed by atoms with Crippen LogP contribution in [0, 0.1) is 17.3 Å². The average molecular weight is 241 g/mol. The molecular weight excluding hydrogens is 218 g/mol. The van der Waals surface area contributed by atoms with Gasteiger partial charge in [-0.3, -0.25) is 9.59 Å². The second-order valence-electron chi connectivity index (χ2n) is 5.84. The molecular formula is C13H23NO3. The molecule has 0 aromatic heterocycles. The Labute approximate surface area is 103 Å². The van der Waals surface area contributed by atoms with Crippen LogP contribution >= 0.6 is 0 Å². The fourth-order valence-electron chi connectivity index (χ4n) is 2.31. The van der Waals surface area contributed by atoms with E-state index in [2.05, 4.69) is 12.2 Å². The van der Waals surface area contributed by atoms with Crippen molar-refractivity contribution in [1.29, 1.82) is 0 Å². The lowest BCUT2D eigenvalue weighted by molar-refractivity contribution is -0.149. The summed E-state index contributed by atoms with van der Waals surface area (Å²) >= 11 is 0. The van der Waals surface area contributed by atoms with Gasteiger partial charge in [-0.2, -0.15) is 0 Å². The van der Waals surface area contributed by atoms with Gasteiger partial charge in [-0.05, 0) is 32.1 Å². The Morgan fingerprint density at radius 3 is 2.47 bits per heavy atom. The molecule has 0 spiro atoms. The standard InChI is InChI=1S/C13H23NO3/c1-9-5-4-6-10(9)8-14-11(15)7-13(2,3)12(16)17/h9-10H,4-8H2,1-3H3,(H,14,15)(H,16,17). The fraction of sp³-hybridized carbons (Fsp3) is 0.846. The summed E-state index contributed by atoms with van der Waals surface area (Å²) in [6.07, 6.45) is 3.69. The quantitative estimate of drug-likeness (QED) is 0.774. The van der Waals surface area contributed by atoms with E-state index in [9.17, 15) is 9.59 Å². The van der Waals surface area contributed by atoms with Crippen molar-refractivity contribution in [3.05, 3.63) is 0 Å². The van der Waals surface area contributed by atoms with Crippen LogP contribution in [0.1, 0.15) is 46.5 Å². The molecule has 0 radical (unpaired) electrons. The van der Waals surface area contributed by atoms with E-state index in [0.717, 1.165) is 0 Å². The van der Waals surface area contributed by atoms with Crippen molar-refractivity contribution >= 4 is 11.9 Å². The molecule has 0 aromatic carbocycles. The molecule has 17 heavy (non-hydrogen) atoms. The first-order chi connectivity index (χ1) is 7.83. The summed E-state index contributed by atoms with van der Waals surface area (Å²) < 4.78 is 0. The number of amides is 1. The summed E-state index contributed by atoms with van der Waals surface area (Å²) in [5.41, 5.74) is -0.981. The zero-order chi connectivity index (χ0) is 13.1. The summed E-state index contributed by atoms with van der Waals surface area (Å²) in [5.74, 6) is 0.146. The molecule has 2 N–H and O–H groups in total. The smallest absolute Gasteiger partial charge is 0.309 e. The van der Waals surface area contributed by atoms with E-state index < -0.39 is 11.4 Å². The lowest BCUT2D eigenvalue weighted by Gasteiger charge is -2.20. The van der Waals surface area contributed by atoms with E-state index in [1.807, 2.05) is 0 Å². The van der Waals surface area contributed by atoms with Gasteiger partial charge >= 0.3 is 5.97 Å². The molecule has 0 heterocycles. The maximum absolute atomic E-state index is 11.7. The molecule has 0 saturated heterocycles. The molecule has 1 fully saturated rings. The molecule has 1 aliphatic rings. The Morgan fingerprint density at radius 2 is 2.00 bits per heavy atom. The van der Waals surface area contributed by atoms with E-state index in [-0.39, 0.29) is 12.3 Å². The maximum Gasteiger partial charge on any atom is 0.309 e. The van der Waals surface area contributed by atoms with Crippen LogP contribution in [0.2, 0.25) is 0 Å². The lowest BCUT2D eigenvalue weighted by atomic mass is 9.89. The van der Waals surface area contributed by atoms with Crippen LogP contribution in [0.15, 0.2) is 0 Å². The SMILES string of the molecule is CC1CCCC1CNC(=O)CC(C)(C)C(=O)O. The monoisotopic (exact) mass is 241 g/mol. The van der Waals surface area contributed by atoms with Crippen molar-refractivity contribution in [3.8, 4) is 0 Å². The molecule has 4 heteroatoms. The number of carboxylic acids is 1. The lowest BCUT2D eigenvalue weighted by Crippen LogP contribution is -2.36. The van der Waals surface area contributed by atoms with Gasteiger partial charge in [-0.15, -0.1) is 0 Å². The Kier molecular flexibility index (Phi) is 4.54. The van der Waals surface area contributed by atoms with Crippen molar-refractivity contribution in [2.75, 3.05) is 6.54 Å². The Balaban J connectivity index is 2.33. The van der Waals surface area contributed by atoms with Crippen LogP contribution in [0.4, 0.5) is 0 Å². The number of carboxylic acid groups (broad SMARTS) is 1. The van der Waals surface area contributed by atoms with Crippen LogP contribution in [-0.2, 0) is 9.59 Å². The topological polar surface area (TPSA) is 66.4 Å². The molecule has 4 nitrogen and oxygen atoms in total. The number of carbonyl (C=O) groups is 2. The molecule has 1 amide bonds. The van der Waals surface area contributed by atoms with Crippen LogP contribution in [0.3, 0.4) is 0 Å². The molecule has 98 valence electrons. The second-order valence-corrected chi connectivity index (χ2v) is 5.84. The van der Waals surface area contributed by atoms with Crippen LogP contribution < -0.4 is 5.32 Å². The van der Waals surface area contributed by atoms with Gasteiger partial charge in [0.05, 0.1) is 5.41 Å². The Morgan fingerprint density at radius 1 is 1.35 bits per heavy atom. The summed E-state index contributed by atoms with van der Waals surface area (Å²) in [5, 5.41) is 11.8. The number of carbonyl (C=O) groups excluding carboxylic acids is 1. The van der Waals surface area contributed by atoms with Gasteiger partial charge in [0.15, 0.2) is 0 Å². The predicted octanol–water partition coefficient (Wildman–Crippen LogP) is 2.04. The minimum Gasteiger partial charge on any atom is -0.481 e. The summed E-state index contributed by atoms with van der Waals surface area (Å²) in [6.45, 7) is 6.06. The van der Waals surface area contributed by atoms with Crippen molar-refractivity contribution in [2.24, 2.45) is 17.3 Å². The Hall–Kier alpha value is -1.06. The zero-order valence-corrected chi connectivity index (χ0v) is 11.0. The van der Waals surface area contributed by atoms with E-state index in [4.69, 9.17) is 5.11 Å². The third-order valence-corrected chi connectivity index (χ3v) is 3.78. The molecule has 0 aliphatic heterocycles. The number of hydrogen-bond donors (Lipinski definition) is 2. The van der Waals surface area contributed by atoms with Crippen LogP contribution in [0.25, 0.3) is 0 Å². The zero-order valence-electron chi connectivity index (χ0n) is 11.0. The fourth-order valence-corrected chi connectivity index (χ4v) is 2.31. The number of rotatable bonds is 5. The molecule has 1 aliphatic carbocycles. The highest BCUT2D eigenvalue weighted by Crippen LogP contribution is 2.30. The number of hydrogen-bond acceptors (Lipinski definition) is 2. The van der Waals surface area contributed by atoms with Crippen LogP contribution in [0.5, 0.6) is 0 Å². The normalized spacial score (nSPS) is 24.6. The Bertz CT molecular complexity index is 299. The molecule has 2 unspecified atom stereocenters. The van der Waals surface area contributed by atoms with Gasteiger partial charge in [0.25, 0.3) is 0 Å². The predicted molar refractivity (Wildman–Crippen MR) is 65.5 cm³/mol. The maximum atomic E-state index is 11.7. The molecule has 1 saturated carbocycles. The highest BCUT2D eigenvalue weighted by molar-refractivity contribution is 5.84. The van der Waals surface area contributed by atoms with Gasteiger partial charge in [0, 0.05) is 13.0 Å².